The van der Waals surface area contributed by atoms with Crippen molar-refractivity contribution in [2.24, 2.45) is 0 Å². The quantitative estimate of drug-likeness (QED) is 0.773. The number of carbonyl (C=O) groups is 1. The first-order valence-electron chi connectivity index (χ1n) is 5.29. The zero-order valence-corrected chi connectivity index (χ0v) is 10.9. The molecular formula is C12H14ClF2NO2. The van der Waals surface area contributed by atoms with Gasteiger partial charge in [0.25, 0.3) is 5.91 Å². The van der Waals surface area contributed by atoms with Crippen LogP contribution in [0.2, 0.25) is 0 Å². The van der Waals surface area contributed by atoms with Gasteiger partial charge < -0.3 is 9.64 Å². The summed E-state index contributed by atoms with van der Waals surface area (Å²) in [6.45, 7) is 0.390. The number of nitrogens with zero attached hydrogens (tertiary/aromatic N) is 1. The Bertz CT molecular complexity index is 408. The van der Waals surface area contributed by atoms with Crippen LogP contribution in [0.5, 0.6) is 0 Å². The van der Waals surface area contributed by atoms with Crippen LogP contribution in [-0.2, 0) is 4.74 Å². The Balaban J connectivity index is 2.81. The van der Waals surface area contributed by atoms with Crippen LogP contribution in [0.1, 0.15) is 10.4 Å². The van der Waals surface area contributed by atoms with Gasteiger partial charge in [0.05, 0.1) is 12.0 Å². The highest BCUT2D eigenvalue weighted by atomic mass is 35.5. The maximum absolute atomic E-state index is 13.4. The van der Waals surface area contributed by atoms with Gasteiger partial charge >= 0.3 is 0 Å². The largest absolute Gasteiger partial charge is 0.383 e. The summed E-state index contributed by atoms with van der Waals surface area (Å²) in [7, 11) is 2.91. The van der Waals surface area contributed by atoms with Crippen LogP contribution in [0.3, 0.4) is 0 Å². The van der Waals surface area contributed by atoms with Gasteiger partial charge in [0, 0.05) is 20.7 Å². The molecule has 0 saturated heterocycles. The molecule has 0 aliphatic rings. The summed E-state index contributed by atoms with van der Waals surface area (Å²) >= 11 is 5.88. The lowest BCUT2D eigenvalue weighted by molar-refractivity contribution is 0.0772. The summed E-state index contributed by atoms with van der Waals surface area (Å²) in [6.07, 6.45) is 0. The molecule has 1 rings (SSSR count). The number of carbonyl (C=O) groups excluding carboxylic acids is 1. The second-order valence-corrected chi connectivity index (χ2v) is 4.45. The molecule has 6 heteroatoms. The van der Waals surface area contributed by atoms with E-state index in [9.17, 15) is 13.6 Å². The Labute approximate surface area is 109 Å². The Morgan fingerprint density at radius 2 is 2.00 bits per heavy atom. The Hall–Kier alpha value is -1.20. The average molecular weight is 278 g/mol. The standard InChI is InChI=1S/C12H14ClF2NO2/c1-16(6-8(13)7-18-2)12(17)11-9(14)4-3-5-10(11)15/h3-5,8H,6-7H2,1-2H3. The lowest BCUT2D eigenvalue weighted by Gasteiger charge is -2.20. The van der Waals surface area contributed by atoms with Crippen LogP contribution in [0.25, 0.3) is 0 Å². The van der Waals surface area contributed by atoms with Crippen molar-refractivity contribution in [2.75, 3.05) is 27.3 Å². The van der Waals surface area contributed by atoms with E-state index in [-0.39, 0.29) is 13.2 Å². The minimum Gasteiger partial charge on any atom is -0.383 e. The maximum Gasteiger partial charge on any atom is 0.259 e. The number of rotatable bonds is 5. The topological polar surface area (TPSA) is 29.5 Å². The summed E-state index contributed by atoms with van der Waals surface area (Å²) in [4.78, 5) is 13.0. The number of methoxy groups -OCH3 is 1. The smallest absolute Gasteiger partial charge is 0.259 e. The van der Waals surface area contributed by atoms with Crippen molar-refractivity contribution >= 4 is 17.5 Å². The van der Waals surface area contributed by atoms with Crippen molar-refractivity contribution in [3.8, 4) is 0 Å². The SMILES string of the molecule is COCC(Cl)CN(C)C(=O)c1c(F)cccc1F. The third-order valence-electron chi connectivity index (χ3n) is 2.34. The predicted octanol–water partition coefficient (Wildman–Crippen LogP) is 2.29. The Morgan fingerprint density at radius 3 is 2.50 bits per heavy atom. The number of benzene rings is 1. The summed E-state index contributed by atoms with van der Waals surface area (Å²) in [5.74, 6) is -2.51. The van der Waals surface area contributed by atoms with Gasteiger partial charge in [-0.05, 0) is 12.1 Å². The fraction of sp³-hybridized carbons (Fsp3) is 0.417. The predicted molar refractivity (Wildman–Crippen MR) is 64.8 cm³/mol. The van der Waals surface area contributed by atoms with E-state index in [0.29, 0.717) is 0 Å². The van der Waals surface area contributed by atoms with Crippen molar-refractivity contribution < 1.29 is 18.3 Å². The van der Waals surface area contributed by atoms with Crippen LogP contribution in [-0.4, -0.2) is 43.5 Å². The summed E-state index contributed by atoms with van der Waals surface area (Å²) in [6, 6.07) is 3.28. The molecule has 0 bridgehead atoms. The number of amides is 1. The van der Waals surface area contributed by atoms with E-state index in [2.05, 4.69) is 0 Å². The van der Waals surface area contributed by atoms with Gasteiger partial charge in [-0.1, -0.05) is 6.07 Å². The molecule has 1 aromatic carbocycles. The van der Waals surface area contributed by atoms with Gasteiger partial charge in [-0.2, -0.15) is 0 Å². The molecule has 1 aromatic rings. The van der Waals surface area contributed by atoms with Gasteiger partial charge in [-0.3, -0.25) is 4.79 Å². The van der Waals surface area contributed by atoms with Crippen LogP contribution in [0.15, 0.2) is 18.2 Å². The van der Waals surface area contributed by atoms with Crippen molar-refractivity contribution in [1.82, 2.24) is 4.90 Å². The Kier molecular flexibility index (Phi) is 5.50. The van der Waals surface area contributed by atoms with Crippen molar-refractivity contribution in [2.45, 2.75) is 5.38 Å². The molecule has 0 aliphatic carbocycles. The molecule has 0 saturated carbocycles. The van der Waals surface area contributed by atoms with E-state index in [1.54, 1.807) is 0 Å². The molecule has 0 spiro atoms. The van der Waals surface area contributed by atoms with E-state index < -0.39 is 28.5 Å². The minimum atomic E-state index is -0.885. The molecule has 18 heavy (non-hydrogen) atoms. The first kappa shape index (κ1) is 14.9. The molecule has 0 radical (unpaired) electrons. The number of halogens is 3. The van der Waals surface area contributed by atoms with E-state index in [0.717, 1.165) is 17.0 Å². The van der Waals surface area contributed by atoms with Gasteiger partial charge in [-0.15, -0.1) is 11.6 Å². The van der Waals surface area contributed by atoms with Gasteiger partial charge in [0.1, 0.15) is 17.2 Å². The highest BCUT2D eigenvalue weighted by Gasteiger charge is 2.22. The lowest BCUT2D eigenvalue weighted by atomic mass is 10.1. The molecule has 100 valence electrons. The van der Waals surface area contributed by atoms with Crippen LogP contribution in [0.4, 0.5) is 8.78 Å². The molecule has 1 atom stereocenters. The molecule has 3 nitrogen and oxygen atoms in total. The maximum atomic E-state index is 13.4. The number of hydrogen-bond donors (Lipinski definition) is 0. The molecule has 1 amide bonds. The fourth-order valence-electron chi connectivity index (χ4n) is 1.51. The molecule has 0 heterocycles. The lowest BCUT2D eigenvalue weighted by Crippen LogP contribution is -2.34. The number of ether oxygens (including phenoxy) is 1. The third kappa shape index (κ3) is 3.65. The zero-order chi connectivity index (χ0) is 13.7. The van der Waals surface area contributed by atoms with Gasteiger partial charge in [0.2, 0.25) is 0 Å². The molecule has 0 N–H and O–H groups in total. The summed E-state index contributed by atoms with van der Waals surface area (Å²) in [5, 5.41) is -0.432. The summed E-state index contributed by atoms with van der Waals surface area (Å²) < 4.78 is 31.6. The summed E-state index contributed by atoms with van der Waals surface area (Å²) in [5.41, 5.74) is -0.568. The van der Waals surface area contributed by atoms with Gasteiger partial charge in [0.15, 0.2) is 0 Å². The molecular weight excluding hydrogens is 264 g/mol. The van der Waals surface area contributed by atoms with E-state index in [4.69, 9.17) is 16.3 Å². The Morgan fingerprint density at radius 1 is 1.44 bits per heavy atom. The van der Waals surface area contributed by atoms with E-state index in [1.807, 2.05) is 0 Å². The van der Waals surface area contributed by atoms with Crippen LogP contribution < -0.4 is 0 Å². The van der Waals surface area contributed by atoms with Crippen molar-refractivity contribution in [1.29, 1.82) is 0 Å². The second kappa shape index (κ2) is 6.66. The fourth-order valence-corrected chi connectivity index (χ4v) is 1.84. The third-order valence-corrected chi connectivity index (χ3v) is 2.61. The highest BCUT2D eigenvalue weighted by Crippen LogP contribution is 2.14. The first-order valence-corrected chi connectivity index (χ1v) is 5.73. The van der Waals surface area contributed by atoms with Crippen molar-refractivity contribution in [3.05, 3.63) is 35.4 Å². The van der Waals surface area contributed by atoms with Crippen LogP contribution >= 0.6 is 11.6 Å². The second-order valence-electron chi connectivity index (χ2n) is 3.83. The number of alkyl halides is 1. The average Bonchev–Trinajstić information content (AvgIpc) is 2.28. The highest BCUT2D eigenvalue weighted by molar-refractivity contribution is 6.21. The first-order chi connectivity index (χ1) is 8.47. The van der Waals surface area contributed by atoms with E-state index >= 15 is 0 Å². The van der Waals surface area contributed by atoms with Gasteiger partial charge in [-0.25, -0.2) is 8.78 Å². The van der Waals surface area contributed by atoms with E-state index in [1.165, 1.54) is 20.2 Å². The molecule has 1 unspecified atom stereocenters. The normalized spacial score (nSPS) is 12.3. The zero-order valence-electron chi connectivity index (χ0n) is 10.1. The molecule has 0 aromatic heterocycles. The minimum absolute atomic E-state index is 0.141. The molecule has 0 fully saturated rings. The monoisotopic (exact) mass is 277 g/mol. The van der Waals surface area contributed by atoms with Crippen molar-refractivity contribution in [3.63, 3.8) is 0 Å². The molecule has 0 aliphatic heterocycles. The number of hydrogen-bond acceptors (Lipinski definition) is 2. The van der Waals surface area contributed by atoms with Crippen LogP contribution in [0, 0.1) is 11.6 Å².